The number of H-pyrrole nitrogens is 1. The number of carboxylic acids is 1. The first-order valence-corrected chi connectivity index (χ1v) is 5.49. The predicted octanol–water partition coefficient (Wildman–Crippen LogP) is 0.568. The summed E-state index contributed by atoms with van der Waals surface area (Å²) < 4.78 is 0. The Labute approximate surface area is 99.4 Å². The highest BCUT2D eigenvalue weighted by Gasteiger charge is 2.21. The molecule has 6 nitrogen and oxygen atoms in total. The minimum atomic E-state index is -1.01. The fourth-order valence-corrected chi connectivity index (χ4v) is 1.48. The molecule has 0 fully saturated rings. The first kappa shape index (κ1) is 13.2. The number of nitrogens with zero attached hydrogens (tertiary/aromatic N) is 1. The number of imidazole rings is 1. The summed E-state index contributed by atoms with van der Waals surface area (Å²) in [6.45, 7) is 3.82. The molecule has 3 N–H and O–H groups in total. The zero-order valence-electron chi connectivity index (χ0n) is 9.93. The number of hydrogen-bond acceptors (Lipinski definition) is 3. The van der Waals surface area contributed by atoms with Gasteiger partial charge in [0.15, 0.2) is 0 Å². The number of amides is 1. The van der Waals surface area contributed by atoms with E-state index in [1.54, 1.807) is 12.4 Å². The van der Waals surface area contributed by atoms with Crippen LogP contribution in [-0.4, -0.2) is 33.0 Å². The van der Waals surface area contributed by atoms with E-state index in [-0.39, 0.29) is 18.2 Å². The van der Waals surface area contributed by atoms with Gasteiger partial charge in [-0.25, -0.2) is 9.78 Å². The summed E-state index contributed by atoms with van der Waals surface area (Å²) in [5.74, 6) is -0.615. The van der Waals surface area contributed by atoms with Crippen molar-refractivity contribution in [3.63, 3.8) is 0 Å². The maximum Gasteiger partial charge on any atom is 0.326 e. The fourth-order valence-electron chi connectivity index (χ4n) is 1.48. The highest BCUT2D eigenvalue weighted by atomic mass is 16.4. The molecule has 0 aromatic carbocycles. The largest absolute Gasteiger partial charge is 0.480 e. The average Bonchev–Trinajstić information content (AvgIpc) is 2.68. The van der Waals surface area contributed by atoms with Crippen LogP contribution < -0.4 is 5.32 Å². The lowest BCUT2D eigenvalue weighted by atomic mass is 10.0. The van der Waals surface area contributed by atoms with Crippen molar-refractivity contribution in [3.8, 4) is 0 Å². The minimum absolute atomic E-state index is 0.0644. The number of aromatic amines is 1. The van der Waals surface area contributed by atoms with Crippen LogP contribution in [0.4, 0.5) is 0 Å². The summed E-state index contributed by atoms with van der Waals surface area (Å²) in [6, 6.07) is -0.836. The molecule has 0 aliphatic heterocycles. The Morgan fingerprint density at radius 1 is 1.53 bits per heavy atom. The van der Waals surface area contributed by atoms with Crippen molar-refractivity contribution in [3.05, 3.63) is 18.2 Å². The summed E-state index contributed by atoms with van der Waals surface area (Å²) in [4.78, 5) is 29.2. The van der Waals surface area contributed by atoms with Gasteiger partial charge in [0, 0.05) is 12.4 Å². The lowest BCUT2D eigenvalue weighted by Gasteiger charge is -2.15. The number of rotatable bonds is 6. The Morgan fingerprint density at radius 3 is 2.71 bits per heavy atom. The van der Waals surface area contributed by atoms with Gasteiger partial charge in [0.1, 0.15) is 11.9 Å². The summed E-state index contributed by atoms with van der Waals surface area (Å²) >= 11 is 0. The highest BCUT2D eigenvalue weighted by Crippen LogP contribution is 2.05. The third-order valence-electron chi connectivity index (χ3n) is 2.22. The van der Waals surface area contributed by atoms with Crippen molar-refractivity contribution < 1.29 is 14.7 Å². The van der Waals surface area contributed by atoms with E-state index in [0.29, 0.717) is 12.2 Å². The Hall–Kier alpha value is -1.85. The molecular formula is C11H17N3O3. The first-order chi connectivity index (χ1) is 7.99. The lowest BCUT2D eigenvalue weighted by molar-refractivity contribution is -0.142. The second-order valence-electron chi connectivity index (χ2n) is 4.30. The quantitative estimate of drug-likeness (QED) is 0.676. The van der Waals surface area contributed by atoms with Crippen LogP contribution in [-0.2, 0) is 16.0 Å². The number of carbonyl (C=O) groups is 2. The van der Waals surface area contributed by atoms with Crippen molar-refractivity contribution in [2.75, 3.05) is 0 Å². The molecule has 0 radical (unpaired) electrons. The standard InChI is InChI=1S/C11H17N3O3/c1-7(2)5-8(11(16)17)14-10(15)6-9-12-3-4-13-9/h3-4,7-8H,5-6H2,1-2H3,(H,12,13)(H,14,15)(H,16,17)/t8-/m1/s1. The maximum atomic E-state index is 11.6. The molecule has 0 spiro atoms. The second-order valence-corrected chi connectivity index (χ2v) is 4.30. The summed E-state index contributed by atoms with van der Waals surface area (Å²) in [7, 11) is 0. The van der Waals surface area contributed by atoms with E-state index in [2.05, 4.69) is 15.3 Å². The summed E-state index contributed by atoms with van der Waals surface area (Å²) in [6.07, 6.45) is 3.64. The van der Waals surface area contributed by atoms with E-state index in [0.717, 1.165) is 0 Å². The van der Waals surface area contributed by atoms with Gasteiger partial charge in [0.25, 0.3) is 0 Å². The van der Waals surface area contributed by atoms with Crippen LogP contribution in [0.25, 0.3) is 0 Å². The smallest absolute Gasteiger partial charge is 0.326 e. The molecule has 94 valence electrons. The van der Waals surface area contributed by atoms with Crippen molar-refractivity contribution in [2.24, 2.45) is 5.92 Å². The normalized spacial score (nSPS) is 12.4. The Balaban J connectivity index is 2.49. The van der Waals surface area contributed by atoms with Gasteiger partial charge in [0.05, 0.1) is 6.42 Å². The molecule has 1 amide bonds. The van der Waals surface area contributed by atoms with Gasteiger partial charge in [0.2, 0.25) is 5.91 Å². The molecule has 6 heteroatoms. The van der Waals surface area contributed by atoms with Crippen LogP contribution in [0.3, 0.4) is 0 Å². The number of aromatic nitrogens is 2. The molecule has 1 heterocycles. The fraction of sp³-hybridized carbons (Fsp3) is 0.545. The zero-order valence-corrected chi connectivity index (χ0v) is 9.93. The number of hydrogen-bond donors (Lipinski definition) is 3. The average molecular weight is 239 g/mol. The molecule has 0 bridgehead atoms. The molecule has 0 saturated heterocycles. The molecule has 0 aliphatic carbocycles. The van der Waals surface area contributed by atoms with Gasteiger partial charge >= 0.3 is 5.97 Å². The van der Waals surface area contributed by atoms with Gasteiger partial charge in [-0.1, -0.05) is 13.8 Å². The first-order valence-electron chi connectivity index (χ1n) is 5.49. The van der Waals surface area contributed by atoms with E-state index in [1.807, 2.05) is 13.8 Å². The predicted molar refractivity (Wildman–Crippen MR) is 61.3 cm³/mol. The van der Waals surface area contributed by atoms with Crippen LogP contribution in [0.2, 0.25) is 0 Å². The minimum Gasteiger partial charge on any atom is -0.480 e. The van der Waals surface area contributed by atoms with Gasteiger partial charge in [-0.3, -0.25) is 4.79 Å². The van der Waals surface area contributed by atoms with Crippen LogP contribution in [0, 0.1) is 5.92 Å². The molecule has 0 aliphatic rings. The Bertz CT molecular complexity index is 373. The van der Waals surface area contributed by atoms with Crippen molar-refractivity contribution in [1.82, 2.24) is 15.3 Å². The second kappa shape index (κ2) is 6.03. The van der Waals surface area contributed by atoms with E-state index >= 15 is 0 Å². The Kier molecular flexibility index (Phi) is 4.68. The molecular weight excluding hydrogens is 222 g/mol. The molecule has 17 heavy (non-hydrogen) atoms. The summed E-state index contributed by atoms with van der Waals surface area (Å²) in [5.41, 5.74) is 0. The molecule has 1 atom stereocenters. The molecule has 1 rings (SSSR count). The van der Waals surface area contributed by atoms with Crippen molar-refractivity contribution in [1.29, 1.82) is 0 Å². The summed E-state index contributed by atoms with van der Waals surface area (Å²) in [5, 5.41) is 11.4. The van der Waals surface area contributed by atoms with Crippen molar-refractivity contribution >= 4 is 11.9 Å². The van der Waals surface area contributed by atoms with Crippen molar-refractivity contribution in [2.45, 2.75) is 32.7 Å². The van der Waals surface area contributed by atoms with E-state index in [1.165, 1.54) is 0 Å². The lowest BCUT2D eigenvalue weighted by Crippen LogP contribution is -2.42. The zero-order chi connectivity index (χ0) is 12.8. The number of nitrogens with one attached hydrogen (secondary N) is 2. The van der Waals surface area contributed by atoms with E-state index in [9.17, 15) is 9.59 Å². The molecule has 1 aromatic heterocycles. The Morgan fingerprint density at radius 2 is 2.24 bits per heavy atom. The third kappa shape index (κ3) is 4.67. The van der Waals surface area contributed by atoms with Crippen LogP contribution in [0.5, 0.6) is 0 Å². The number of carboxylic acid groups (broad SMARTS) is 1. The van der Waals surface area contributed by atoms with Gasteiger partial charge in [-0.05, 0) is 12.3 Å². The molecule has 0 saturated carbocycles. The van der Waals surface area contributed by atoms with E-state index in [4.69, 9.17) is 5.11 Å². The monoisotopic (exact) mass is 239 g/mol. The molecule has 0 unspecified atom stereocenters. The van der Waals surface area contributed by atoms with E-state index < -0.39 is 12.0 Å². The van der Waals surface area contributed by atoms with Gasteiger partial charge < -0.3 is 15.4 Å². The maximum absolute atomic E-state index is 11.6. The number of aliphatic carboxylic acids is 1. The van der Waals surface area contributed by atoms with Gasteiger partial charge in [-0.2, -0.15) is 0 Å². The van der Waals surface area contributed by atoms with Crippen LogP contribution in [0.15, 0.2) is 12.4 Å². The third-order valence-corrected chi connectivity index (χ3v) is 2.22. The molecule has 1 aromatic rings. The van der Waals surface area contributed by atoms with Crippen LogP contribution >= 0.6 is 0 Å². The van der Waals surface area contributed by atoms with Gasteiger partial charge in [-0.15, -0.1) is 0 Å². The highest BCUT2D eigenvalue weighted by molar-refractivity contribution is 5.84. The number of carbonyl (C=O) groups excluding carboxylic acids is 1. The van der Waals surface area contributed by atoms with Crippen LogP contribution in [0.1, 0.15) is 26.1 Å². The SMILES string of the molecule is CC(C)C[C@@H](NC(=O)Cc1ncc[nH]1)C(=O)O. The topological polar surface area (TPSA) is 95.1 Å².